The molecule has 2 aromatic rings. The van der Waals surface area contributed by atoms with Crippen LogP contribution in [0.3, 0.4) is 0 Å². The van der Waals surface area contributed by atoms with E-state index in [1.807, 2.05) is 55.5 Å². The van der Waals surface area contributed by atoms with E-state index in [1.165, 1.54) is 5.56 Å². The minimum Gasteiger partial charge on any atom is -0.409 e. The minimum absolute atomic E-state index is 0.165. The van der Waals surface area contributed by atoms with E-state index >= 15 is 0 Å². The third-order valence-electron chi connectivity index (χ3n) is 3.20. The molecule has 4 N–H and O–H groups in total. The number of nitrogens with two attached hydrogens (primary N) is 1. The first kappa shape index (κ1) is 13.9. The smallest absolute Gasteiger partial charge is 0.148 e. The fourth-order valence-corrected chi connectivity index (χ4v) is 2.12. The average Bonchev–Trinajstić information content (AvgIpc) is 2.48. The van der Waals surface area contributed by atoms with E-state index in [2.05, 4.69) is 16.5 Å². The van der Waals surface area contributed by atoms with Crippen LogP contribution < -0.4 is 11.1 Å². The van der Waals surface area contributed by atoms with E-state index in [-0.39, 0.29) is 11.8 Å². The SMILES string of the molecule is Cc1cccc(NCC(C(N)=NO)c2ccccc2)c1. The summed E-state index contributed by atoms with van der Waals surface area (Å²) in [4.78, 5) is 0. The molecule has 0 aliphatic heterocycles. The zero-order valence-electron chi connectivity index (χ0n) is 11.5. The number of nitrogens with one attached hydrogen (secondary N) is 1. The number of rotatable bonds is 5. The van der Waals surface area contributed by atoms with Crippen molar-refractivity contribution in [1.29, 1.82) is 0 Å². The van der Waals surface area contributed by atoms with E-state index in [0.29, 0.717) is 6.54 Å². The zero-order chi connectivity index (χ0) is 14.4. The van der Waals surface area contributed by atoms with Gasteiger partial charge in [-0.05, 0) is 30.2 Å². The average molecular weight is 269 g/mol. The van der Waals surface area contributed by atoms with Crippen LogP contribution in [-0.2, 0) is 0 Å². The van der Waals surface area contributed by atoms with Crippen LogP contribution in [0.1, 0.15) is 17.0 Å². The van der Waals surface area contributed by atoms with E-state index in [4.69, 9.17) is 10.9 Å². The van der Waals surface area contributed by atoms with Gasteiger partial charge in [-0.3, -0.25) is 0 Å². The summed E-state index contributed by atoms with van der Waals surface area (Å²) < 4.78 is 0. The molecule has 0 aliphatic rings. The number of benzene rings is 2. The van der Waals surface area contributed by atoms with Crippen LogP contribution in [0, 0.1) is 6.92 Å². The minimum atomic E-state index is -0.165. The number of anilines is 1. The molecular formula is C16H19N3O. The highest BCUT2D eigenvalue weighted by molar-refractivity contribution is 5.87. The number of aryl methyl sites for hydroxylation is 1. The fraction of sp³-hybridized carbons (Fsp3) is 0.188. The second-order valence-electron chi connectivity index (χ2n) is 4.74. The molecule has 0 saturated carbocycles. The van der Waals surface area contributed by atoms with Crippen LogP contribution in [0.5, 0.6) is 0 Å². The first-order valence-electron chi connectivity index (χ1n) is 6.53. The normalized spacial score (nSPS) is 12.9. The van der Waals surface area contributed by atoms with Gasteiger partial charge in [-0.15, -0.1) is 0 Å². The zero-order valence-corrected chi connectivity index (χ0v) is 11.5. The quantitative estimate of drug-likeness (QED) is 0.338. The maximum Gasteiger partial charge on any atom is 0.148 e. The van der Waals surface area contributed by atoms with Crippen LogP contribution >= 0.6 is 0 Å². The molecule has 20 heavy (non-hydrogen) atoms. The van der Waals surface area contributed by atoms with Crippen molar-refractivity contribution >= 4 is 11.5 Å². The van der Waals surface area contributed by atoms with Crippen molar-refractivity contribution in [3.8, 4) is 0 Å². The highest BCUT2D eigenvalue weighted by Gasteiger charge is 2.16. The number of hydrogen-bond donors (Lipinski definition) is 3. The van der Waals surface area contributed by atoms with Gasteiger partial charge >= 0.3 is 0 Å². The summed E-state index contributed by atoms with van der Waals surface area (Å²) in [5.41, 5.74) is 9.03. The Kier molecular flexibility index (Phi) is 4.60. The lowest BCUT2D eigenvalue weighted by molar-refractivity contribution is 0.316. The van der Waals surface area contributed by atoms with Crippen molar-refractivity contribution in [2.45, 2.75) is 12.8 Å². The Labute approximate surface area is 118 Å². The van der Waals surface area contributed by atoms with Crippen molar-refractivity contribution < 1.29 is 5.21 Å². The first-order valence-corrected chi connectivity index (χ1v) is 6.53. The van der Waals surface area contributed by atoms with Crippen LogP contribution in [0.25, 0.3) is 0 Å². The number of nitrogens with zero attached hydrogens (tertiary/aromatic N) is 1. The van der Waals surface area contributed by atoms with Gasteiger partial charge in [-0.25, -0.2) is 0 Å². The lowest BCUT2D eigenvalue weighted by atomic mass is 9.98. The summed E-state index contributed by atoms with van der Waals surface area (Å²) in [6.07, 6.45) is 0. The van der Waals surface area contributed by atoms with Gasteiger partial charge in [0.05, 0.1) is 5.92 Å². The molecule has 2 aromatic carbocycles. The molecule has 1 atom stereocenters. The molecule has 0 aliphatic carbocycles. The fourth-order valence-electron chi connectivity index (χ4n) is 2.12. The molecule has 0 saturated heterocycles. The maximum absolute atomic E-state index is 8.94. The summed E-state index contributed by atoms with van der Waals surface area (Å²) in [6.45, 7) is 2.62. The van der Waals surface area contributed by atoms with Crippen LogP contribution in [0.15, 0.2) is 59.8 Å². The summed E-state index contributed by atoms with van der Waals surface area (Å²) in [5, 5.41) is 15.4. The summed E-state index contributed by atoms with van der Waals surface area (Å²) in [6, 6.07) is 17.9. The Bertz CT molecular complexity index is 581. The molecule has 104 valence electrons. The monoisotopic (exact) mass is 269 g/mol. The van der Waals surface area contributed by atoms with Gasteiger partial charge in [0, 0.05) is 12.2 Å². The molecule has 0 heterocycles. The van der Waals surface area contributed by atoms with E-state index in [1.54, 1.807) is 0 Å². The molecule has 0 radical (unpaired) electrons. The maximum atomic E-state index is 8.94. The third-order valence-corrected chi connectivity index (χ3v) is 3.20. The highest BCUT2D eigenvalue weighted by atomic mass is 16.4. The molecular weight excluding hydrogens is 250 g/mol. The van der Waals surface area contributed by atoms with Gasteiger partial charge in [0.15, 0.2) is 0 Å². The lowest BCUT2D eigenvalue weighted by Crippen LogP contribution is -2.28. The van der Waals surface area contributed by atoms with Crippen molar-refractivity contribution in [3.05, 3.63) is 65.7 Å². The van der Waals surface area contributed by atoms with Crippen LogP contribution in [0.2, 0.25) is 0 Å². The molecule has 0 amide bonds. The topological polar surface area (TPSA) is 70.6 Å². The van der Waals surface area contributed by atoms with Crippen LogP contribution in [0.4, 0.5) is 5.69 Å². The Morgan fingerprint density at radius 1 is 1.20 bits per heavy atom. The molecule has 4 heteroatoms. The molecule has 0 aromatic heterocycles. The lowest BCUT2D eigenvalue weighted by Gasteiger charge is -2.17. The van der Waals surface area contributed by atoms with Gasteiger partial charge in [0.25, 0.3) is 0 Å². The Hall–Kier alpha value is -2.49. The molecule has 4 nitrogen and oxygen atoms in total. The number of oxime groups is 1. The van der Waals surface area contributed by atoms with Crippen molar-refractivity contribution in [2.75, 3.05) is 11.9 Å². The number of amidine groups is 1. The third kappa shape index (κ3) is 3.51. The second-order valence-corrected chi connectivity index (χ2v) is 4.74. The van der Waals surface area contributed by atoms with Gasteiger partial charge < -0.3 is 16.3 Å². The Balaban J connectivity index is 2.13. The summed E-state index contributed by atoms with van der Waals surface area (Å²) in [7, 11) is 0. The second kappa shape index (κ2) is 6.61. The van der Waals surface area contributed by atoms with Crippen molar-refractivity contribution in [1.82, 2.24) is 0 Å². The molecule has 0 bridgehead atoms. The Morgan fingerprint density at radius 3 is 2.60 bits per heavy atom. The molecule has 2 rings (SSSR count). The van der Waals surface area contributed by atoms with E-state index < -0.39 is 0 Å². The van der Waals surface area contributed by atoms with Gasteiger partial charge in [0.1, 0.15) is 5.84 Å². The predicted molar refractivity (Wildman–Crippen MR) is 82.3 cm³/mol. The molecule has 0 fully saturated rings. The van der Waals surface area contributed by atoms with Crippen molar-refractivity contribution in [2.24, 2.45) is 10.9 Å². The largest absolute Gasteiger partial charge is 0.409 e. The van der Waals surface area contributed by atoms with Crippen molar-refractivity contribution in [3.63, 3.8) is 0 Å². The van der Waals surface area contributed by atoms with Gasteiger partial charge in [0.2, 0.25) is 0 Å². The Morgan fingerprint density at radius 2 is 1.95 bits per heavy atom. The number of hydrogen-bond acceptors (Lipinski definition) is 3. The first-order chi connectivity index (χ1) is 9.70. The van der Waals surface area contributed by atoms with Gasteiger partial charge in [-0.2, -0.15) is 0 Å². The molecule has 1 unspecified atom stereocenters. The highest BCUT2D eigenvalue weighted by Crippen LogP contribution is 2.18. The van der Waals surface area contributed by atoms with E-state index in [0.717, 1.165) is 11.3 Å². The van der Waals surface area contributed by atoms with E-state index in [9.17, 15) is 0 Å². The van der Waals surface area contributed by atoms with Crippen LogP contribution in [-0.4, -0.2) is 17.6 Å². The predicted octanol–water partition coefficient (Wildman–Crippen LogP) is 2.94. The standard InChI is InChI=1S/C16H19N3O/c1-12-6-5-9-14(10-12)18-11-15(16(17)19-20)13-7-3-2-4-8-13/h2-10,15,18,20H,11H2,1H3,(H2,17,19). The summed E-state index contributed by atoms with van der Waals surface area (Å²) in [5.74, 6) is 0.0399. The molecule has 0 spiro atoms. The summed E-state index contributed by atoms with van der Waals surface area (Å²) >= 11 is 0. The van der Waals surface area contributed by atoms with Gasteiger partial charge in [-0.1, -0.05) is 47.6 Å².